The Morgan fingerprint density at radius 2 is 0.594 bits per heavy atom. The van der Waals surface area contributed by atoms with Gasteiger partial charge in [-0.25, -0.2) is 15.0 Å². The average Bonchev–Trinajstić information content (AvgIpc) is 3.33. The van der Waals surface area contributed by atoms with E-state index in [1.807, 2.05) is 0 Å². The number of rotatable bonds is 34. The van der Waals surface area contributed by atoms with E-state index < -0.39 is 0 Å². The van der Waals surface area contributed by atoms with E-state index in [0.717, 1.165) is 60.3 Å². The highest BCUT2D eigenvalue weighted by Crippen LogP contribution is 2.37. The number of benzene rings is 2. The van der Waals surface area contributed by atoms with E-state index in [0.29, 0.717) is 0 Å². The van der Waals surface area contributed by atoms with Crippen molar-refractivity contribution >= 4 is 34.6 Å². The third-order valence-corrected chi connectivity index (χ3v) is 12.9. The smallest absolute Gasteiger partial charge is 0.141 e. The predicted molar refractivity (Wildman–Crippen MR) is 278 cm³/mol. The van der Waals surface area contributed by atoms with Gasteiger partial charge < -0.3 is 0 Å². The second-order valence-corrected chi connectivity index (χ2v) is 18.5. The second-order valence-electron chi connectivity index (χ2n) is 18.5. The first-order valence-electron chi connectivity index (χ1n) is 26.3. The molecule has 0 atom stereocenters. The van der Waals surface area contributed by atoms with E-state index in [1.165, 1.54) is 176 Å². The zero-order valence-electron chi connectivity index (χ0n) is 40.9. The van der Waals surface area contributed by atoms with Crippen LogP contribution >= 0.6 is 0 Å². The first kappa shape index (κ1) is 50.5. The van der Waals surface area contributed by atoms with Crippen LogP contribution < -0.4 is 9.80 Å². The van der Waals surface area contributed by atoms with Crippen molar-refractivity contribution in [3.8, 4) is 0 Å². The van der Waals surface area contributed by atoms with Crippen molar-refractivity contribution < 1.29 is 0 Å². The molecule has 2 aromatic carbocycles. The third-order valence-electron chi connectivity index (χ3n) is 12.9. The van der Waals surface area contributed by atoms with Crippen molar-refractivity contribution in [3.63, 3.8) is 0 Å². The molecule has 346 valence electrons. The van der Waals surface area contributed by atoms with Crippen LogP contribution in [0.25, 0.3) is 0 Å². The van der Waals surface area contributed by atoms with Gasteiger partial charge in [0.25, 0.3) is 0 Å². The number of hydrogen-bond donors (Lipinski definition) is 0. The zero-order chi connectivity index (χ0) is 44.9. The van der Waals surface area contributed by atoms with Crippen LogP contribution in [0.4, 0.5) is 34.6 Å². The number of pyridine rings is 3. The summed E-state index contributed by atoms with van der Waals surface area (Å²) in [6.07, 6.45) is 39.8. The summed E-state index contributed by atoms with van der Waals surface area (Å²) in [7, 11) is 0. The summed E-state index contributed by atoms with van der Waals surface area (Å²) in [5.74, 6) is 3.43. The number of aromatic nitrogens is 3. The van der Waals surface area contributed by atoms with Gasteiger partial charge in [-0.3, -0.25) is 9.80 Å². The van der Waals surface area contributed by atoms with Gasteiger partial charge in [-0.2, -0.15) is 0 Å². The summed E-state index contributed by atoms with van der Waals surface area (Å²) in [6, 6.07) is 33.6. The van der Waals surface area contributed by atoms with Crippen molar-refractivity contribution in [2.24, 2.45) is 0 Å². The normalized spacial score (nSPS) is 11.3. The maximum atomic E-state index is 5.48. The molecule has 0 saturated heterocycles. The van der Waals surface area contributed by atoms with Gasteiger partial charge in [-0.15, -0.1) is 0 Å². The topological polar surface area (TPSA) is 45.2 Å². The highest BCUT2D eigenvalue weighted by Gasteiger charge is 2.20. The SMILES string of the molecule is CCCCCCCCc1ccc(N(c2ccc(CCCCCCCC)cn2)c2cccc(N(c3ccc(CCCCCCCC)cc3)c3ccc(CCCCCCCC)cn3)n2)cc1. The minimum atomic E-state index is 0.835. The molecule has 3 heterocycles. The maximum absolute atomic E-state index is 5.48. The Labute approximate surface area is 391 Å². The molecular formula is C59H85N5. The number of nitrogens with zero attached hydrogens (tertiary/aromatic N) is 5. The summed E-state index contributed by atoms with van der Waals surface area (Å²) in [6.45, 7) is 9.14. The molecule has 0 bridgehead atoms. The lowest BCUT2D eigenvalue weighted by atomic mass is 10.0. The highest BCUT2D eigenvalue weighted by atomic mass is 15.3. The molecule has 0 aliphatic rings. The van der Waals surface area contributed by atoms with Gasteiger partial charge in [0.2, 0.25) is 0 Å². The lowest BCUT2D eigenvalue weighted by molar-refractivity contribution is 0.607. The van der Waals surface area contributed by atoms with Crippen LogP contribution in [0.15, 0.2) is 103 Å². The largest absolute Gasteiger partial charge is 0.279 e. The van der Waals surface area contributed by atoms with Crippen LogP contribution in [0.3, 0.4) is 0 Å². The zero-order valence-corrected chi connectivity index (χ0v) is 40.9. The molecule has 0 fully saturated rings. The second kappa shape index (κ2) is 30.6. The Balaban J connectivity index is 1.42. The summed E-state index contributed by atoms with van der Waals surface area (Å²) < 4.78 is 0. The molecule has 5 rings (SSSR count). The molecule has 0 radical (unpaired) electrons. The third kappa shape index (κ3) is 17.8. The van der Waals surface area contributed by atoms with E-state index in [1.54, 1.807) is 0 Å². The van der Waals surface area contributed by atoms with Gasteiger partial charge in [0.1, 0.15) is 23.3 Å². The maximum Gasteiger partial charge on any atom is 0.141 e. The van der Waals surface area contributed by atoms with Crippen molar-refractivity contribution in [2.75, 3.05) is 9.80 Å². The van der Waals surface area contributed by atoms with Gasteiger partial charge in [-0.05, 0) is 122 Å². The van der Waals surface area contributed by atoms with Crippen molar-refractivity contribution in [1.82, 2.24) is 15.0 Å². The molecular weight excluding hydrogens is 779 g/mol. The molecule has 64 heavy (non-hydrogen) atoms. The molecule has 5 nitrogen and oxygen atoms in total. The molecule has 3 aromatic heterocycles. The molecule has 0 aliphatic heterocycles. The van der Waals surface area contributed by atoms with Gasteiger partial charge in [0, 0.05) is 23.8 Å². The van der Waals surface area contributed by atoms with Crippen molar-refractivity contribution in [3.05, 3.63) is 126 Å². The Bertz CT molecular complexity index is 1660. The number of unbranched alkanes of at least 4 members (excludes halogenated alkanes) is 20. The monoisotopic (exact) mass is 864 g/mol. The Kier molecular flexibility index (Phi) is 24.1. The Morgan fingerprint density at radius 3 is 0.906 bits per heavy atom. The molecule has 5 aromatic rings. The lowest BCUT2D eigenvalue weighted by Crippen LogP contribution is -2.17. The van der Waals surface area contributed by atoms with Crippen molar-refractivity contribution in [1.29, 1.82) is 0 Å². The molecule has 5 heteroatoms. The van der Waals surface area contributed by atoms with Gasteiger partial charge in [-0.1, -0.05) is 199 Å². The number of anilines is 6. The lowest BCUT2D eigenvalue weighted by Gasteiger charge is -2.27. The molecule has 0 saturated carbocycles. The summed E-state index contributed by atoms with van der Waals surface area (Å²) in [5.41, 5.74) is 7.51. The first-order valence-corrected chi connectivity index (χ1v) is 26.3. The molecule has 0 spiro atoms. The molecule has 0 unspecified atom stereocenters. The van der Waals surface area contributed by atoms with E-state index in [9.17, 15) is 0 Å². The summed E-state index contributed by atoms with van der Waals surface area (Å²) in [5, 5.41) is 0. The summed E-state index contributed by atoms with van der Waals surface area (Å²) >= 11 is 0. The molecule has 0 aliphatic carbocycles. The predicted octanol–water partition coefficient (Wildman–Crippen LogP) is 18.4. The fourth-order valence-electron chi connectivity index (χ4n) is 8.88. The Morgan fingerprint density at radius 1 is 0.297 bits per heavy atom. The fraction of sp³-hybridized carbons (Fsp3) is 0.542. The fourth-order valence-corrected chi connectivity index (χ4v) is 8.88. The van der Waals surface area contributed by atoms with Crippen LogP contribution in [0, 0.1) is 0 Å². The van der Waals surface area contributed by atoms with Crippen LogP contribution in [0.5, 0.6) is 0 Å². The standard InChI is InChI=1S/C59H85N5/c1-5-9-13-17-21-25-30-50-36-42-54(43-37-50)63(56-46-40-52(48-60-56)32-27-23-19-15-11-7-3)58-34-29-35-59(62-58)64(55-44-38-51(39-45-55)31-26-22-18-14-10-6-2)57-47-41-53(49-61-57)33-28-24-20-16-12-8-4/h29,34-49H,5-28,30-33H2,1-4H3. The number of hydrogen-bond acceptors (Lipinski definition) is 5. The quantitative estimate of drug-likeness (QED) is 0.0386. The summed E-state index contributed by atoms with van der Waals surface area (Å²) in [4.78, 5) is 20.2. The van der Waals surface area contributed by atoms with E-state index in [-0.39, 0.29) is 0 Å². The Hall–Kier alpha value is -4.51. The molecule has 0 N–H and O–H groups in total. The van der Waals surface area contributed by atoms with Gasteiger partial charge in [0.05, 0.1) is 0 Å². The van der Waals surface area contributed by atoms with E-state index >= 15 is 0 Å². The minimum Gasteiger partial charge on any atom is -0.279 e. The first-order chi connectivity index (χ1) is 31.6. The van der Waals surface area contributed by atoms with Crippen LogP contribution in [0.2, 0.25) is 0 Å². The van der Waals surface area contributed by atoms with E-state index in [2.05, 4.69) is 141 Å². The van der Waals surface area contributed by atoms with Gasteiger partial charge >= 0.3 is 0 Å². The highest BCUT2D eigenvalue weighted by molar-refractivity contribution is 5.77. The van der Waals surface area contributed by atoms with Crippen LogP contribution in [0.1, 0.15) is 204 Å². The average molecular weight is 864 g/mol. The van der Waals surface area contributed by atoms with Crippen molar-refractivity contribution in [2.45, 2.75) is 207 Å². The minimum absolute atomic E-state index is 0.835. The van der Waals surface area contributed by atoms with Crippen LogP contribution in [-0.2, 0) is 25.7 Å². The number of aryl methyl sites for hydroxylation is 4. The van der Waals surface area contributed by atoms with Crippen LogP contribution in [-0.4, -0.2) is 15.0 Å². The molecule has 0 amide bonds. The van der Waals surface area contributed by atoms with E-state index in [4.69, 9.17) is 15.0 Å². The van der Waals surface area contributed by atoms with Gasteiger partial charge in [0.15, 0.2) is 0 Å².